The van der Waals surface area contributed by atoms with Crippen molar-refractivity contribution in [3.8, 4) is 5.75 Å². The second-order valence-electron chi connectivity index (χ2n) is 8.56. The molecule has 12 heteroatoms. The van der Waals surface area contributed by atoms with Gasteiger partial charge in [0.25, 0.3) is 5.91 Å². The van der Waals surface area contributed by atoms with E-state index in [0.717, 1.165) is 5.56 Å². The third-order valence-corrected chi connectivity index (χ3v) is 8.84. The van der Waals surface area contributed by atoms with Gasteiger partial charge >= 0.3 is 0 Å². The van der Waals surface area contributed by atoms with Crippen LogP contribution in [0.1, 0.15) is 17.9 Å². The molecule has 3 heterocycles. The Bertz CT molecular complexity index is 1150. The van der Waals surface area contributed by atoms with Gasteiger partial charge in [0.05, 0.1) is 38.4 Å². The number of hydrogen-bond donors (Lipinski definition) is 1. The summed E-state index contributed by atoms with van der Waals surface area (Å²) in [7, 11) is -2.36. The van der Waals surface area contributed by atoms with Crippen LogP contribution < -0.4 is 4.74 Å². The minimum absolute atomic E-state index is 0.00829. The molecule has 2 aliphatic heterocycles. The van der Waals surface area contributed by atoms with Gasteiger partial charge in [0.2, 0.25) is 16.3 Å². The summed E-state index contributed by atoms with van der Waals surface area (Å²) >= 11 is 1.57. The molecule has 0 spiro atoms. The summed E-state index contributed by atoms with van der Waals surface area (Å²) in [6, 6.07) is 8.07. The van der Waals surface area contributed by atoms with Crippen LogP contribution >= 0.6 is 11.3 Å². The Morgan fingerprint density at radius 3 is 2.59 bits per heavy atom. The quantitative estimate of drug-likeness (QED) is 0.451. The Morgan fingerprint density at radius 1 is 1.19 bits per heavy atom. The van der Waals surface area contributed by atoms with Crippen molar-refractivity contribution in [1.82, 2.24) is 9.21 Å². The van der Waals surface area contributed by atoms with Crippen LogP contribution in [0.2, 0.25) is 0 Å². The van der Waals surface area contributed by atoms with Crippen molar-refractivity contribution in [3.63, 3.8) is 0 Å². The molecule has 1 saturated heterocycles. The van der Waals surface area contributed by atoms with Gasteiger partial charge in [0, 0.05) is 38.5 Å². The number of hydrogen-bond acceptors (Lipinski definition) is 9. The molecule has 0 saturated carbocycles. The summed E-state index contributed by atoms with van der Waals surface area (Å²) in [5.74, 6) is 0.496. The van der Waals surface area contributed by atoms with Gasteiger partial charge in [-0.2, -0.15) is 15.6 Å². The van der Waals surface area contributed by atoms with Gasteiger partial charge in [-0.15, -0.1) is 0 Å². The topological polar surface area (TPSA) is 115 Å². The van der Waals surface area contributed by atoms with E-state index >= 15 is 0 Å². The van der Waals surface area contributed by atoms with Crippen LogP contribution in [0.3, 0.4) is 0 Å². The number of methoxy groups -OCH3 is 1. The van der Waals surface area contributed by atoms with Crippen molar-refractivity contribution < 1.29 is 37.3 Å². The molecule has 1 N–H and O–H groups in total. The van der Waals surface area contributed by atoms with E-state index < -0.39 is 16.3 Å². The van der Waals surface area contributed by atoms with E-state index in [2.05, 4.69) is 0 Å². The lowest BCUT2D eigenvalue weighted by Crippen LogP contribution is -2.43. The van der Waals surface area contributed by atoms with Gasteiger partial charge in [0.15, 0.2) is 5.76 Å². The summed E-state index contributed by atoms with van der Waals surface area (Å²) in [6.45, 7) is 1.56. The van der Waals surface area contributed by atoms with Gasteiger partial charge in [0.1, 0.15) is 5.75 Å². The molecule has 202 valence electrons. The number of ether oxygens (including phenoxy) is 4. The Balaban J connectivity index is 1.42. The standard InChI is InChI=1S/C25H32N2O8S2/c1-32-21-2-4-22(5-3-21)37(30,31)27(7-11-28)10-14-34-24-17-20(19-6-15-36-18-19)16-23(35-24)25(29)26-8-12-33-13-9-26/h2-6,15-16,18,20,24,28H,7-14,17H2,1H3/t20-,24+/m1/s1. The molecular weight excluding hydrogens is 520 g/mol. The molecule has 4 rings (SSSR count). The monoisotopic (exact) mass is 552 g/mol. The number of carbonyl (C=O) groups is 1. The first-order valence-electron chi connectivity index (χ1n) is 12.1. The molecule has 1 aromatic heterocycles. The zero-order valence-electron chi connectivity index (χ0n) is 20.7. The number of nitrogens with zero attached hydrogens (tertiary/aromatic N) is 2. The second-order valence-corrected chi connectivity index (χ2v) is 11.3. The van der Waals surface area contributed by atoms with E-state index in [4.69, 9.17) is 18.9 Å². The number of carbonyl (C=O) groups excluding carboxylic acids is 1. The fourth-order valence-electron chi connectivity index (χ4n) is 4.20. The number of benzene rings is 1. The molecule has 2 aromatic rings. The predicted molar refractivity (Wildman–Crippen MR) is 137 cm³/mol. The lowest BCUT2D eigenvalue weighted by molar-refractivity contribution is -0.155. The Hall–Kier alpha value is -2.48. The molecule has 1 aromatic carbocycles. The maximum absolute atomic E-state index is 13.1. The second kappa shape index (κ2) is 12.9. The number of rotatable bonds is 11. The van der Waals surface area contributed by atoms with Crippen molar-refractivity contribution in [2.24, 2.45) is 0 Å². The smallest absolute Gasteiger partial charge is 0.288 e. The van der Waals surface area contributed by atoms with Crippen molar-refractivity contribution in [2.45, 2.75) is 23.5 Å². The number of allylic oxidation sites excluding steroid dienone is 1. The van der Waals surface area contributed by atoms with E-state index in [0.29, 0.717) is 38.5 Å². The first-order chi connectivity index (χ1) is 17.9. The average Bonchev–Trinajstić information content (AvgIpc) is 3.48. The van der Waals surface area contributed by atoms with Gasteiger partial charge in [-0.05, 0) is 52.7 Å². The highest BCUT2D eigenvalue weighted by atomic mass is 32.2. The molecule has 0 bridgehead atoms. The zero-order chi connectivity index (χ0) is 26.3. The van der Waals surface area contributed by atoms with Crippen molar-refractivity contribution in [1.29, 1.82) is 0 Å². The van der Waals surface area contributed by atoms with Crippen LogP contribution in [0.4, 0.5) is 0 Å². The molecular formula is C25H32N2O8S2. The molecule has 1 fully saturated rings. The third kappa shape index (κ3) is 6.89. The summed E-state index contributed by atoms with van der Waals surface area (Å²) in [5, 5.41) is 13.5. The summed E-state index contributed by atoms with van der Waals surface area (Å²) < 4.78 is 49.8. The first-order valence-corrected chi connectivity index (χ1v) is 14.4. The zero-order valence-corrected chi connectivity index (χ0v) is 22.3. The van der Waals surface area contributed by atoms with Gasteiger partial charge in [-0.3, -0.25) is 4.79 Å². The molecule has 0 unspecified atom stereocenters. The molecule has 0 radical (unpaired) electrons. The van der Waals surface area contributed by atoms with Crippen LogP contribution in [-0.2, 0) is 29.0 Å². The maximum Gasteiger partial charge on any atom is 0.288 e. The lowest BCUT2D eigenvalue weighted by Gasteiger charge is -2.33. The van der Waals surface area contributed by atoms with Crippen LogP contribution in [-0.4, -0.2) is 94.6 Å². The third-order valence-electron chi connectivity index (χ3n) is 6.23. The van der Waals surface area contributed by atoms with Crippen molar-refractivity contribution in [2.75, 3.05) is 59.7 Å². The van der Waals surface area contributed by atoms with Gasteiger partial charge < -0.3 is 29.0 Å². The molecule has 2 aliphatic rings. The van der Waals surface area contributed by atoms with Crippen molar-refractivity contribution >= 4 is 27.3 Å². The van der Waals surface area contributed by atoms with Crippen LogP contribution in [0.25, 0.3) is 0 Å². The normalized spacial score (nSPS) is 20.4. The highest BCUT2D eigenvalue weighted by Crippen LogP contribution is 2.33. The van der Waals surface area contributed by atoms with Crippen LogP contribution in [0.5, 0.6) is 5.75 Å². The number of amides is 1. The predicted octanol–water partition coefficient (Wildman–Crippen LogP) is 2.03. The van der Waals surface area contributed by atoms with Crippen molar-refractivity contribution in [3.05, 3.63) is 58.5 Å². The largest absolute Gasteiger partial charge is 0.497 e. The van der Waals surface area contributed by atoms with E-state index in [9.17, 15) is 18.3 Å². The van der Waals surface area contributed by atoms with Gasteiger partial charge in [-0.1, -0.05) is 0 Å². The number of sulfonamides is 1. The maximum atomic E-state index is 13.1. The highest BCUT2D eigenvalue weighted by Gasteiger charge is 2.32. The fraction of sp³-hybridized carbons (Fsp3) is 0.480. The fourth-order valence-corrected chi connectivity index (χ4v) is 6.34. The minimum Gasteiger partial charge on any atom is -0.497 e. The van der Waals surface area contributed by atoms with E-state index in [-0.39, 0.29) is 48.8 Å². The highest BCUT2D eigenvalue weighted by molar-refractivity contribution is 7.89. The van der Waals surface area contributed by atoms with Crippen LogP contribution in [0, 0.1) is 0 Å². The summed E-state index contributed by atoms with van der Waals surface area (Å²) in [4.78, 5) is 14.9. The first kappa shape index (κ1) is 27.6. The number of aliphatic hydroxyl groups excluding tert-OH is 1. The number of morpholine rings is 1. The Kier molecular flexibility index (Phi) is 9.57. The molecule has 1 amide bonds. The SMILES string of the molecule is COc1ccc(S(=O)(=O)N(CCO)CCO[C@@H]2C[C@H](c3ccsc3)C=C(C(=O)N3CCOCC3)O2)cc1. The molecule has 2 atom stereocenters. The molecule has 37 heavy (non-hydrogen) atoms. The number of aliphatic hydroxyl groups is 1. The van der Waals surface area contributed by atoms with Gasteiger partial charge in [-0.25, -0.2) is 8.42 Å². The molecule has 0 aliphatic carbocycles. The summed E-state index contributed by atoms with van der Waals surface area (Å²) in [5.41, 5.74) is 1.07. The number of thiophene rings is 1. The van der Waals surface area contributed by atoms with Crippen LogP contribution in [0.15, 0.2) is 57.8 Å². The van der Waals surface area contributed by atoms with E-state index in [1.54, 1.807) is 28.4 Å². The lowest BCUT2D eigenvalue weighted by atomic mass is 9.95. The summed E-state index contributed by atoms with van der Waals surface area (Å²) in [6.07, 6.45) is 1.60. The average molecular weight is 553 g/mol. The Labute approximate surface area is 221 Å². The van der Waals surface area contributed by atoms with E-state index in [1.807, 2.05) is 22.9 Å². The van der Waals surface area contributed by atoms with E-state index in [1.165, 1.54) is 23.5 Å². The Morgan fingerprint density at radius 2 is 1.95 bits per heavy atom. The minimum atomic E-state index is -3.86. The molecule has 10 nitrogen and oxygen atoms in total.